The summed E-state index contributed by atoms with van der Waals surface area (Å²) in [7, 11) is 0. The Morgan fingerprint density at radius 2 is 1.96 bits per heavy atom. The first-order valence-electron chi connectivity index (χ1n) is 8.75. The first-order valence-corrected chi connectivity index (χ1v) is 8.75. The molecule has 1 heterocycles. The number of ether oxygens (including phenoxy) is 1. The third-order valence-corrected chi connectivity index (χ3v) is 4.31. The number of nitrogens with zero attached hydrogens (tertiary/aromatic N) is 1. The van der Waals surface area contributed by atoms with E-state index in [1.807, 2.05) is 20.8 Å². The Balaban J connectivity index is 1.90. The molecule has 1 aliphatic rings. The van der Waals surface area contributed by atoms with E-state index < -0.39 is 0 Å². The van der Waals surface area contributed by atoms with Gasteiger partial charge in [-0.05, 0) is 44.5 Å². The molecule has 0 aromatic heterocycles. The van der Waals surface area contributed by atoms with Gasteiger partial charge < -0.3 is 15.0 Å². The van der Waals surface area contributed by atoms with Gasteiger partial charge in [-0.1, -0.05) is 6.92 Å². The average Bonchev–Trinajstić information content (AvgIpc) is 3.02. The molecule has 1 saturated heterocycles. The summed E-state index contributed by atoms with van der Waals surface area (Å²) in [5.74, 6) is 0.551. The van der Waals surface area contributed by atoms with Gasteiger partial charge in [0.1, 0.15) is 5.75 Å². The highest BCUT2D eigenvalue weighted by molar-refractivity contribution is 5.95. The molecule has 0 saturated carbocycles. The van der Waals surface area contributed by atoms with Crippen LogP contribution in [0.15, 0.2) is 24.3 Å². The number of carbonyl (C=O) groups is 3. The van der Waals surface area contributed by atoms with Crippen LogP contribution in [0.1, 0.15) is 50.4 Å². The minimum absolute atomic E-state index is 0.0122. The molecule has 2 rings (SSSR count). The molecule has 136 valence electrons. The molecule has 1 N–H and O–H groups in total. The van der Waals surface area contributed by atoms with Crippen LogP contribution in [0.3, 0.4) is 0 Å². The standard InChI is InChI=1S/C19H26N2O4/c1-4-17(22)14-5-8-16(9-6-14)25-12-19(24)21(13(2)3)11-15-7-10-18(23)20-15/h5-6,8-9,13,15H,4,7,10-12H2,1-3H3,(H,20,23)/t15-/m1/s1. The quantitative estimate of drug-likeness (QED) is 0.732. The zero-order chi connectivity index (χ0) is 18.4. The van der Waals surface area contributed by atoms with E-state index >= 15 is 0 Å². The number of hydrogen-bond donors (Lipinski definition) is 1. The third kappa shape index (κ3) is 5.31. The molecule has 0 radical (unpaired) electrons. The summed E-state index contributed by atoms with van der Waals surface area (Å²) in [5.41, 5.74) is 0.641. The Morgan fingerprint density at radius 3 is 2.48 bits per heavy atom. The normalized spacial score (nSPS) is 16.6. The van der Waals surface area contributed by atoms with Crippen LogP contribution in [0.5, 0.6) is 5.75 Å². The van der Waals surface area contributed by atoms with Crippen molar-refractivity contribution in [1.82, 2.24) is 10.2 Å². The van der Waals surface area contributed by atoms with Crippen LogP contribution in [0.4, 0.5) is 0 Å². The SMILES string of the molecule is CCC(=O)c1ccc(OCC(=O)N(C[C@H]2CCC(=O)N2)C(C)C)cc1. The number of rotatable bonds is 8. The minimum atomic E-state index is -0.120. The lowest BCUT2D eigenvalue weighted by Gasteiger charge is -2.29. The van der Waals surface area contributed by atoms with Crippen molar-refractivity contribution < 1.29 is 19.1 Å². The van der Waals surface area contributed by atoms with Crippen LogP contribution < -0.4 is 10.1 Å². The number of amides is 2. The molecule has 1 fully saturated rings. The van der Waals surface area contributed by atoms with Gasteiger partial charge in [0, 0.05) is 37.0 Å². The maximum Gasteiger partial charge on any atom is 0.260 e. The number of benzene rings is 1. The van der Waals surface area contributed by atoms with Crippen molar-refractivity contribution in [1.29, 1.82) is 0 Å². The van der Waals surface area contributed by atoms with Gasteiger partial charge in [0.25, 0.3) is 5.91 Å². The topological polar surface area (TPSA) is 75.7 Å². The van der Waals surface area contributed by atoms with Crippen molar-refractivity contribution in [2.24, 2.45) is 0 Å². The van der Waals surface area contributed by atoms with Crippen molar-refractivity contribution in [3.63, 3.8) is 0 Å². The number of Topliss-reactive ketones (excluding diaryl/α,β-unsaturated/α-hetero) is 1. The summed E-state index contributed by atoms with van der Waals surface area (Å²) in [5, 5.41) is 2.88. The Kier molecular flexibility index (Phi) is 6.56. The van der Waals surface area contributed by atoms with E-state index in [4.69, 9.17) is 4.74 Å². The molecule has 1 aliphatic heterocycles. The van der Waals surface area contributed by atoms with E-state index in [9.17, 15) is 14.4 Å². The van der Waals surface area contributed by atoms with E-state index in [1.165, 1.54) is 0 Å². The van der Waals surface area contributed by atoms with Crippen molar-refractivity contribution in [3.05, 3.63) is 29.8 Å². The minimum Gasteiger partial charge on any atom is -0.484 e. The summed E-state index contributed by atoms with van der Waals surface area (Å²) >= 11 is 0. The molecule has 0 aliphatic carbocycles. The molecule has 6 nitrogen and oxygen atoms in total. The fraction of sp³-hybridized carbons (Fsp3) is 0.526. The second-order valence-electron chi connectivity index (χ2n) is 6.53. The van der Waals surface area contributed by atoms with Crippen LogP contribution in [0, 0.1) is 0 Å². The highest BCUT2D eigenvalue weighted by Crippen LogP contribution is 2.15. The van der Waals surface area contributed by atoms with Gasteiger partial charge >= 0.3 is 0 Å². The van der Waals surface area contributed by atoms with Gasteiger partial charge in [0.15, 0.2) is 12.4 Å². The van der Waals surface area contributed by atoms with Gasteiger partial charge in [0.2, 0.25) is 5.91 Å². The largest absolute Gasteiger partial charge is 0.484 e. The molecular formula is C19H26N2O4. The summed E-state index contributed by atoms with van der Waals surface area (Å²) in [6.45, 7) is 6.13. The fourth-order valence-corrected chi connectivity index (χ4v) is 2.82. The molecule has 0 spiro atoms. The average molecular weight is 346 g/mol. The second-order valence-corrected chi connectivity index (χ2v) is 6.53. The summed E-state index contributed by atoms with van der Waals surface area (Å²) < 4.78 is 5.56. The maximum atomic E-state index is 12.5. The second kappa shape index (κ2) is 8.65. The molecular weight excluding hydrogens is 320 g/mol. The zero-order valence-corrected chi connectivity index (χ0v) is 15.1. The lowest BCUT2D eigenvalue weighted by Crippen LogP contribution is -2.47. The van der Waals surface area contributed by atoms with Gasteiger partial charge in [-0.25, -0.2) is 0 Å². The smallest absolute Gasteiger partial charge is 0.260 e. The lowest BCUT2D eigenvalue weighted by molar-refractivity contribution is -0.135. The van der Waals surface area contributed by atoms with Crippen LogP contribution in [-0.4, -0.2) is 47.7 Å². The van der Waals surface area contributed by atoms with Crippen LogP contribution in [0.25, 0.3) is 0 Å². The van der Waals surface area contributed by atoms with E-state index in [2.05, 4.69) is 5.32 Å². The zero-order valence-electron chi connectivity index (χ0n) is 15.1. The Morgan fingerprint density at radius 1 is 1.28 bits per heavy atom. The molecule has 0 unspecified atom stereocenters. The van der Waals surface area contributed by atoms with E-state index in [0.29, 0.717) is 30.7 Å². The maximum absolute atomic E-state index is 12.5. The van der Waals surface area contributed by atoms with Crippen molar-refractivity contribution in [3.8, 4) is 5.75 Å². The van der Waals surface area contributed by atoms with Crippen LogP contribution in [0.2, 0.25) is 0 Å². The molecule has 0 bridgehead atoms. The summed E-state index contributed by atoms with van der Waals surface area (Å²) in [6.07, 6.45) is 1.73. The number of ketones is 1. The Bertz CT molecular complexity index is 625. The van der Waals surface area contributed by atoms with Gasteiger partial charge in [-0.15, -0.1) is 0 Å². The number of nitrogens with one attached hydrogen (secondary N) is 1. The van der Waals surface area contributed by atoms with Crippen molar-refractivity contribution in [2.75, 3.05) is 13.2 Å². The predicted molar refractivity (Wildman–Crippen MR) is 94.6 cm³/mol. The molecule has 1 aromatic rings. The Hall–Kier alpha value is -2.37. The highest BCUT2D eigenvalue weighted by Gasteiger charge is 2.26. The molecule has 1 atom stereocenters. The van der Waals surface area contributed by atoms with E-state index in [0.717, 1.165) is 6.42 Å². The first kappa shape index (κ1) is 19.0. The third-order valence-electron chi connectivity index (χ3n) is 4.31. The predicted octanol–water partition coefficient (Wildman–Crippen LogP) is 2.17. The van der Waals surface area contributed by atoms with Gasteiger partial charge in [-0.2, -0.15) is 0 Å². The highest BCUT2D eigenvalue weighted by atomic mass is 16.5. The Labute approximate surface area is 148 Å². The fourth-order valence-electron chi connectivity index (χ4n) is 2.82. The lowest BCUT2D eigenvalue weighted by atomic mass is 10.1. The van der Waals surface area contributed by atoms with Crippen LogP contribution >= 0.6 is 0 Å². The summed E-state index contributed by atoms with van der Waals surface area (Å²) in [6, 6.07) is 6.86. The summed E-state index contributed by atoms with van der Waals surface area (Å²) in [4.78, 5) is 37.1. The van der Waals surface area contributed by atoms with Gasteiger partial charge in [-0.3, -0.25) is 14.4 Å². The molecule has 2 amide bonds. The van der Waals surface area contributed by atoms with E-state index in [1.54, 1.807) is 29.2 Å². The molecule has 1 aromatic carbocycles. The monoisotopic (exact) mass is 346 g/mol. The van der Waals surface area contributed by atoms with Crippen molar-refractivity contribution >= 4 is 17.6 Å². The van der Waals surface area contributed by atoms with Crippen LogP contribution in [-0.2, 0) is 9.59 Å². The van der Waals surface area contributed by atoms with E-state index in [-0.39, 0.29) is 36.3 Å². The molecule has 6 heteroatoms. The number of hydrogen-bond acceptors (Lipinski definition) is 4. The van der Waals surface area contributed by atoms with Gasteiger partial charge in [0.05, 0.1) is 0 Å². The molecule has 25 heavy (non-hydrogen) atoms. The number of carbonyl (C=O) groups excluding carboxylic acids is 3. The van der Waals surface area contributed by atoms with Crippen molar-refractivity contribution in [2.45, 2.75) is 52.1 Å². The first-order chi connectivity index (χ1) is 11.9.